The van der Waals surface area contributed by atoms with Gasteiger partial charge in [-0.25, -0.2) is 4.39 Å². The highest BCUT2D eigenvalue weighted by molar-refractivity contribution is 6.31. The van der Waals surface area contributed by atoms with Crippen LogP contribution in [0.15, 0.2) is 49.2 Å². The van der Waals surface area contributed by atoms with Gasteiger partial charge in [0.15, 0.2) is 0 Å². The molecule has 0 spiro atoms. The number of pyridine rings is 1. The van der Waals surface area contributed by atoms with E-state index in [9.17, 15) is 9.18 Å². The number of carbonyl (C=O) groups excluding carboxylic acids is 1. The average Bonchev–Trinajstić information content (AvgIpc) is 2.49. The van der Waals surface area contributed by atoms with Gasteiger partial charge in [-0.3, -0.25) is 9.78 Å². The Labute approximate surface area is 126 Å². The first kappa shape index (κ1) is 15.0. The van der Waals surface area contributed by atoms with E-state index in [4.69, 9.17) is 11.6 Å². The Morgan fingerprint density at radius 2 is 2.14 bits per heavy atom. The highest BCUT2D eigenvalue weighted by Gasteiger charge is 2.09. The molecule has 2 rings (SSSR count). The Morgan fingerprint density at radius 3 is 2.86 bits per heavy atom. The van der Waals surface area contributed by atoms with Crippen molar-refractivity contribution in [1.29, 1.82) is 0 Å². The summed E-state index contributed by atoms with van der Waals surface area (Å²) in [5.41, 5.74) is 1.40. The van der Waals surface area contributed by atoms with Gasteiger partial charge in [0.2, 0.25) is 0 Å². The summed E-state index contributed by atoms with van der Waals surface area (Å²) in [6.45, 7) is 4.19. The number of halogens is 2. The first-order valence-corrected chi connectivity index (χ1v) is 6.55. The van der Waals surface area contributed by atoms with Crippen LogP contribution >= 0.6 is 11.6 Å². The summed E-state index contributed by atoms with van der Waals surface area (Å²) in [5, 5.41) is 5.62. The molecule has 2 aromatic rings. The number of benzene rings is 1. The predicted molar refractivity (Wildman–Crippen MR) is 82.3 cm³/mol. The molecular formula is C15H13ClFN3O. The minimum absolute atomic E-state index is 0.0536. The minimum atomic E-state index is -0.539. The molecule has 0 aliphatic rings. The summed E-state index contributed by atoms with van der Waals surface area (Å²) in [5.74, 6) is -0.941. The topological polar surface area (TPSA) is 54.0 Å². The van der Waals surface area contributed by atoms with E-state index in [0.717, 1.165) is 5.69 Å². The molecule has 0 unspecified atom stereocenters. The predicted octanol–water partition coefficient (Wildman–Crippen LogP) is 3.72. The second kappa shape index (κ2) is 6.85. The van der Waals surface area contributed by atoms with E-state index in [0.29, 0.717) is 12.2 Å². The maximum Gasteiger partial charge on any atom is 0.274 e. The zero-order chi connectivity index (χ0) is 15.2. The highest BCUT2D eigenvalue weighted by atomic mass is 35.5. The van der Waals surface area contributed by atoms with Gasteiger partial charge in [0.1, 0.15) is 11.5 Å². The van der Waals surface area contributed by atoms with E-state index in [1.807, 2.05) is 0 Å². The third kappa shape index (κ3) is 4.03. The van der Waals surface area contributed by atoms with Crippen LogP contribution in [0.1, 0.15) is 10.5 Å². The molecule has 0 aliphatic carbocycles. The lowest BCUT2D eigenvalue weighted by Gasteiger charge is -2.07. The number of nitrogens with one attached hydrogen (secondary N) is 2. The number of amides is 1. The zero-order valence-electron chi connectivity index (χ0n) is 11.1. The molecule has 108 valence electrons. The van der Waals surface area contributed by atoms with Gasteiger partial charge in [0.05, 0.1) is 5.02 Å². The quantitative estimate of drug-likeness (QED) is 0.828. The first-order valence-electron chi connectivity index (χ1n) is 6.17. The number of hydrogen-bond donors (Lipinski definition) is 2. The second-order valence-electron chi connectivity index (χ2n) is 4.18. The van der Waals surface area contributed by atoms with Gasteiger partial charge in [-0.05, 0) is 30.3 Å². The Bertz CT molecular complexity index is 676. The van der Waals surface area contributed by atoms with Gasteiger partial charge in [-0.2, -0.15) is 0 Å². The number of nitrogens with zero attached hydrogens (tertiary/aromatic N) is 1. The lowest BCUT2D eigenvalue weighted by molar-refractivity contribution is 0.102. The van der Waals surface area contributed by atoms with Gasteiger partial charge in [0, 0.05) is 24.1 Å². The largest absolute Gasteiger partial charge is 0.381 e. The van der Waals surface area contributed by atoms with Crippen LogP contribution in [0, 0.1) is 5.82 Å². The number of rotatable bonds is 5. The van der Waals surface area contributed by atoms with E-state index in [2.05, 4.69) is 22.2 Å². The van der Waals surface area contributed by atoms with E-state index in [1.165, 1.54) is 24.4 Å². The fourth-order valence-electron chi connectivity index (χ4n) is 1.62. The molecule has 21 heavy (non-hydrogen) atoms. The van der Waals surface area contributed by atoms with Crippen molar-refractivity contribution in [3.63, 3.8) is 0 Å². The van der Waals surface area contributed by atoms with Crippen LogP contribution in [-0.4, -0.2) is 17.4 Å². The molecule has 0 saturated heterocycles. The molecule has 1 heterocycles. The molecule has 0 saturated carbocycles. The fourth-order valence-corrected chi connectivity index (χ4v) is 1.80. The van der Waals surface area contributed by atoms with Crippen molar-refractivity contribution in [3.8, 4) is 0 Å². The van der Waals surface area contributed by atoms with Crippen LogP contribution in [0.5, 0.6) is 0 Å². The Morgan fingerprint density at radius 1 is 1.33 bits per heavy atom. The number of carbonyl (C=O) groups is 1. The lowest BCUT2D eigenvalue weighted by atomic mass is 10.2. The molecule has 2 N–H and O–H groups in total. The number of anilines is 2. The smallest absolute Gasteiger partial charge is 0.274 e. The van der Waals surface area contributed by atoms with Gasteiger partial charge < -0.3 is 10.6 Å². The van der Waals surface area contributed by atoms with Gasteiger partial charge in [0.25, 0.3) is 5.91 Å². The van der Waals surface area contributed by atoms with Crippen molar-refractivity contribution in [3.05, 3.63) is 65.7 Å². The van der Waals surface area contributed by atoms with E-state index >= 15 is 0 Å². The molecule has 0 bridgehead atoms. The van der Waals surface area contributed by atoms with Crippen LogP contribution in [0.25, 0.3) is 0 Å². The standard InChI is InChI=1S/C15H13ClFN3O/c1-2-6-18-10-5-7-19-14(9-10)15(21)20-11-3-4-13(17)12(16)8-11/h2-5,7-9H,1,6H2,(H,18,19)(H,20,21). The molecule has 6 heteroatoms. The van der Waals surface area contributed by atoms with Gasteiger partial charge >= 0.3 is 0 Å². The van der Waals surface area contributed by atoms with Gasteiger partial charge in [-0.15, -0.1) is 6.58 Å². The molecule has 1 aromatic heterocycles. The molecule has 0 radical (unpaired) electrons. The molecule has 1 amide bonds. The summed E-state index contributed by atoms with van der Waals surface area (Å²) in [7, 11) is 0. The van der Waals surface area contributed by atoms with Crippen molar-refractivity contribution in [2.75, 3.05) is 17.2 Å². The monoisotopic (exact) mass is 305 g/mol. The Hall–Kier alpha value is -2.40. The normalized spacial score (nSPS) is 10.0. The second-order valence-corrected chi connectivity index (χ2v) is 4.59. The molecule has 0 atom stereocenters. The average molecular weight is 306 g/mol. The van der Waals surface area contributed by atoms with Crippen LogP contribution in [0.2, 0.25) is 5.02 Å². The fraction of sp³-hybridized carbons (Fsp3) is 0.0667. The van der Waals surface area contributed by atoms with Crippen molar-refractivity contribution in [2.24, 2.45) is 0 Å². The molecule has 0 fully saturated rings. The summed E-state index contributed by atoms with van der Waals surface area (Å²) in [6.07, 6.45) is 3.23. The summed E-state index contributed by atoms with van der Waals surface area (Å²) in [6, 6.07) is 7.32. The van der Waals surface area contributed by atoms with Crippen molar-refractivity contribution in [1.82, 2.24) is 4.98 Å². The maximum atomic E-state index is 13.1. The van der Waals surface area contributed by atoms with E-state index < -0.39 is 11.7 Å². The van der Waals surface area contributed by atoms with E-state index in [1.54, 1.807) is 18.2 Å². The molecular weight excluding hydrogens is 293 g/mol. The van der Waals surface area contributed by atoms with E-state index in [-0.39, 0.29) is 10.7 Å². The summed E-state index contributed by atoms with van der Waals surface area (Å²) < 4.78 is 13.1. The van der Waals surface area contributed by atoms with Gasteiger partial charge in [-0.1, -0.05) is 17.7 Å². The third-order valence-electron chi connectivity index (χ3n) is 2.62. The summed E-state index contributed by atoms with van der Waals surface area (Å²) in [4.78, 5) is 16.1. The third-order valence-corrected chi connectivity index (χ3v) is 2.91. The zero-order valence-corrected chi connectivity index (χ0v) is 11.8. The maximum absolute atomic E-state index is 13.1. The number of hydrogen-bond acceptors (Lipinski definition) is 3. The first-order chi connectivity index (χ1) is 10.1. The van der Waals surface area contributed by atoms with Crippen molar-refractivity contribution in [2.45, 2.75) is 0 Å². The lowest BCUT2D eigenvalue weighted by Crippen LogP contribution is -2.14. The van der Waals surface area contributed by atoms with Crippen LogP contribution in [0.4, 0.5) is 15.8 Å². The van der Waals surface area contributed by atoms with Crippen molar-refractivity contribution >= 4 is 28.9 Å². The number of aromatic nitrogens is 1. The van der Waals surface area contributed by atoms with Crippen LogP contribution in [0.3, 0.4) is 0 Å². The van der Waals surface area contributed by atoms with Crippen molar-refractivity contribution < 1.29 is 9.18 Å². The highest BCUT2D eigenvalue weighted by Crippen LogP contribution is 2.20. The van der Waals surface area contributed by atoms with Crippen LogP contribution in [-0.2, 0) is 0 Å². The minimum Gasteiger partial charge on any atom is -0.381 e. The molecule has 0 aliphatic heterocycles. The SMILES string of the molecule is C=CCNc1ccnc(C(=O)Nc2ccc(F)c(Cl)c2)c1. The Balaban J connectivity index is 2.12. The van der Waals surface area contributed by atoms with Crippen LogP contribution < -0.4 is 10.6 Å². The molecule has 1 aromatic carbocycles. The Kier molecular flexibility index (Phi) is 4.90. The molecule has 4 nitrogen and oxygen atoms in total. The summed E-state index contributed by atoms with van der Waals surface area (Å²) >= 11 is 5.66.